The van der Waals surface area contributed by atoms with E-state index >= 15 is 0 Å². The Kier molecular flexibility index (Phi) is 7.33. The molecule has 4 N–H and O–H groups in total. The summed E-state index contributed by atoms with van der Waals surface area (Å²) < 4.78 is 2.29. The fourth-order valence-electron chi connectivity index (χ4n) is 2.88. The van der Waals surface area contributed by atoms with Crippen LogP contribution in [0.3, 0.4) is 0 Å². The van der Waals surface area contributed by atoms with Gasteiger partial charge in [-0.25, -0.2) is 4.79 Å². The van der Waals surface area contributed by atoms with E-state index in [-0.39, 0.29) is 6.03 Å². The predicted molar refractivity (Wildman–Crippen MR) is 101 cm³/mol. The molecule has 0 aliphatic carbocycles. The Balaban J connectivity index is 2.06. The molecule has 2 aliphatic rings. The van der Waals surface area contributed by atoms with Crippen LogP contribution < -0.4 is 16.6 Å². The molecule has 8 heteroatoms. The van der Waals surface area contributed by atoms with Crippen LogP contribution in [-0.2, 0) is 0 Å². The molecule has 24 heavy (non-hydrogen) atoms. The van der Waals surface area contributed by atoms with Crippen molar-refractivity contribution in [2.45, 2.75) is 32.7 Å². The monoisotopic (exact) mass is 371 g/mol. The van der Waals surface area contributed by atoms with Gasteiger partial charge in [0, 0.05) is 48.4 Å². The van der Waals surface area contributed by atoms with E-state index in [9.17, 15) is 4.79 Å². The maximum absolute atomic E-state index is 11.9. The van der Waals surface area contributed by atoms with Crippen LogP contribution in [0.4, 0.5) is 4.79 Å². The number of allylic oxidation sites excluding steroid dienone is 4. The summed E-state index contributed by atoms with van der Waals surface area (Å²) in [5.41, 5.74) is 4.76. The highest BCUT2D eigenvalue weighted by Gasteiger charge is 2.30. The molecule has 2 aliphatic heterocycles. The van der Waals surface area contributed by atoms with E-state index in [4.69, 9.17) is 17.4 Å². The topological polar surface area (TPSA) is 73.6 Å². The minimum absolute atomic E-state index is 0.0725. The van der Waals surface area contributed by atoms with Crippen molar-refractivity contribution in [2.24, 2.45) is 5.84 Å². The number of halogens is 1. The third-order valence-electron chi connectivity index (χ3n) is 4.09. The van der Waals surface area contributed by atoms with Gasteiger partial charge in [0.05, 0.1) is 0 Å². The number of nitrogens with zero attached hydrogens (tertiary/aromatic N) is 2. The van der Waals surface area contributed by atoms with Gasteiger partial charge in [-0.05, 0) is 50.8 Å². The van der Waals surface area contributed by atoms with E-state index in [1.807, 2.05) is 11.0 Å². The molecule has 0 spiro atoms. The van der Waals surface area contributed by atoms with Crippen LogP contribution in [0.1, 0.15) is 26.7 Å². The number of amides is 2. The molecule has 0 aromatic heterocycles. The first kappa shape index (κ1) is 19.0. The van der Waals surface area contributed by atoms with Crippen molar-refractivity contribution < 1.29 is 4.79 Å². The lowest BCUT2D eigenvalue weighted by molar-refractivity contribution is 0.192. The maximum Gasteiger partial charge on any atom is 0.317 e. The van der Waals surface area contributed by atoms with Gasteiger partial charge in [0.15, 0.2) is 0 Å². The van der Waals surface area contributed by atoms with Crippen LogP contribution in [0.2, 0.25) is 0 Å². The molecule has 0 radical (unpaired) electrons. The number of hydrogen-bond acceptors (Lipinski definition) is 5. The zero-order chi connectivity index (χ0) is 17.5. The zero-order valence-corrected chi connectivity index (χ0v) is 15.8. The molecular weight excluding hydrogens is 346 g/mol. The number of hydrogen-bond donors (Lipinski definition) is 3. The summed E-state index contributed by atoms with van der Waals surface area (Å²) in [5, 5.41) is 3.51. The Morgan fingerprint density at radius 3 is 2.83 bits per heavy atom. The molecule has 1 unspecified atom stereocenters. The number of nitrogens with two attached hydrogens (primary N) is 1. The molecule has 134 valence electrons. The number of rotatable bonds is 5. The number of hydrazine groups is 1. The average molecular weight is 372 g/mol. The van der Waals surface area contributed by atoms with Gasteiger partial charge in [-0.1, -0.05) is 17.2 Å². The van der Waals surface area contributed by atoms with Crippen molar-refractivity contribution in [1.82, 2.24) is 19.9 Å². The van der Waals surface area contributed by atoms with Gasteiger partial charge in [0.25, 0.3) is 0 Å². The van der Waals surface area contributed by atoms with Gasteiger partial charge in [-0.2, -0.15) is 0 Å². The lowest BCUT2D eigenvalue weighted by Crippen LogP contribution is -2.38. The van der Waals surface area contributed by atoms with Crippen LogP contribution in [-0.4, -0.2) is 46.7 Å². The van der Waals surface area contributed by atoms with Gasteiger partial charge < -0.3 is 19.9 Å². The van der Waals surface area contributed by atoms with Crippen molar-refractivity contribution >= 4 is 29.6 Å². The van der Waals surface area contributed by atoms with Gasteiger partial charge in [0.2, 0.25) is 0 Å². The minimum atomic E-state index is 0.0725. The van der Waals surface area contributed by atoms with Crippen molar-refractivity contribution in [2.75, 3.05) is 25.4 Å². The molecular formula is C16H26ClN5OS. The van der Waals surface area contributed by atoms with Gasteiger partial charge in [-0.15, -0.1) is 0 Å². The number of nitrogens with one attached hydrogen (secondary N) is 2. The second-order valence-electron chi connectivity index (χ2n) is 6.01. The summed E-state index contributed by atoms with van der Waals surface area (Å²) in [5.74, 6) is 6.21. The number of carbonyl (C=O) groups excluding carboxylic acids is 1. The zero-order valence-electron chi connectivity index (χ0n) is 14.2. The Hall–Kier alpha value is -1.31. The van der Waals surface area contributed by atoms with Crippen molar-refractivity contribution in [1.29, 1.82) is 0 Å². The van der Waals surface area contributed by atoms with E-state index in [1.54, 1.807) is 24.2 Å². The first-order valence-corrected chi connectivity index (χ1v) is 9.47. The van der Waals surface area contributed by atoms with Gasteiger partial charge >= 0.3 is 6.03 Å². The number of carbonyl (C=O) groups is 1. The number of urea groups is 1. The second-order valence-corrected chi connectivity index (χ2v) is 7.55. The van der Waals surface area contributed by atoms with E-state index in [0.29, 0.717) is 11.1 Å². The van der Waals surface area contributed by atoms with Gasteiger partial charge in [-0.3, -0.25) is 5.84 Å². The molecule has 2 rings (SSSR count). The van der Waals surface area contributed by atoms with Crippen LogP contribution in [0.15, 0.2) is 34.7 Å². The van der Waals surface area contributed by atoms with E-state index in [1.165, 1.54) is 5.57 Å². The standard InChI is InChI=1S/C16H26ClN5OS/c1-12(2)15(11-13(17)3-6-20-18)22-8-4-14(5-10-24-22)21-9-7-19-16(21)23/h3,6,11,14,20H,4-5,7-10,18H2,1-2H3,(H,19,23)/b6-3+,13-11+. The average Bonchev–Trinajstić information content (AvgIpc) is 2.83. The summed E-state index contributed by atoms with van der Waals surface area (Å²) >= 11 is 8.06. The highest BCUT2D eigenvalue weighted by atomic mass is 35.5. The third-order valence-corrected chi connectivity index (χ3v) is 5.43. The fraction of sp³-hybridized carbons (Fsp3) is 0.562. The summed E-state index contributed by atoms with van der Waals surface area (Å²) in [4.78, 5) is 13.9. The SMILES string of the molecule is CC(C)=C(/C=C(Cl)\C=C\NN)N1CCC(N2CCNC2=O)CCS1. The quantitative estimate of drug-likeness (QED) is 0.300. The predicted octanol–water partition coefficient (Wildman–Crippen LogP) is 2.52. The normalized spacial score (nSPS) is 22.6. The molecule has 2 saturated heterocycles. The van der Waals surface area contributed by atoms with Crippen LogP contribution in [0.25, 0.3) is 0 Å². The van der Waals surface area contributed by atoms with E-state index < -0.39 is 0 Å². The third kappa shape index (κ3) is 5.09. The molecule has 0 bridgehead atoms. The highest BCUT2D eigenvalue weighted by Crippen LogP contribution is 2.30. The van der Waals surface area contributed by atoms with Crippen molar-refractivity contribution in [3.8, 4) is 0 Å². The Bertz CT molecular complexity index is 545. The minimum Gasteiger partial charge on any atom is -0.336 e. The smallest absolute Gasteiger partial charge is 0.317 e. The summed E-state index contributed by atoms with van der Waals surface area (Å²) in [6, 6.07) is 0.382. The summed E-state index contributed by atoms with van der Waals surface area (Å²) in [7, 11) is 0. The Morgan fingerprint density at radius 1 is 1.42 bits per heavy atom. The molecule has 0 aromatic rings. The Labute approximate surface area is 153 Å². The first-order chi connectivity index (χ1) is 11.5. The molecule has 0 saturated carbocycles. The lowest BCUT2D eigenvalue weighted by atomic mass is 10.1. The van der Waals surface area contributed by atoms with Crippen molar-refractivity contribution in [3.05, 3.63) is 34.7 Å². The van der Waals surface area contributed by atoms with E-state index in [0.717, 1.165) is 43.9 Å². The lowest BCUT2D eigenvalue weighted by Gasteiger charge is -2.26. The second kappa shape index (κ2) is 9.25. The summed E-state index contributed by atoms with van der Waals surface area (Å²) in [6.07, 6.45) is 7.26. The molecule has 2 heterocycles. The summed E-state index contributed by atoms with van der Waals surface area (Å²) in [6.45, 7) is 6.62. The molecule has 0 aromatic carbocycles. The van der Waals surface area contributed by atoms with Crippen molar-refractivity contribution in [3.63, 3.8) is 0 Å². The van der Waals surface area contributed by atoms with Crippen LogP contribution in [0.5, 0.6) is 0 Å². The molecule has 2 fully saturated rings. The maximum atomic E-state index is 11.9. The molecule has 1 atom stereocenters. The van der Waals surface area contributed by atoms with E-state index in [2.05, 4.69) is 28.9 Å². The largest absolute Gasteiger partial charge is 0.336 e. The molecule has 6 nitrogen and oxygen atoms in total. The van der Waals surface area contributed by atoms with Crippen LogP contribution >= 0.6 is 23.5 Å². The first-order valence-electron chi connectivity index (χ1n) is 8.15. The fourth-order valence-corrected chi connectivity index (χ4v) is 4.26. The van der Waals surface area contributed by atoms with Crippen LogP contribution in [0, 0.1) is 0 Å². The highest BCUT2D eigenvalue weighted by molar-refractivity contribution is 7.97. The molecule has 2 amide bonds. The van der Waals surface area contributed by atoms with Gasteiger partial charge in [0.1, 0.15) is 0 Å². The Morgan fingerprint density at radius 2 is 2.21 bits per heavy atom.